The Bertz CT molecular complexity index is 544. The molecule has 0 heterocycles. The van der Waals surface area contributed by atoms with Gasteiger partial charge in [0.05, 0.1) is 5.75 Å². The second-order valence-electron chi connectivity index (χ2n) is 5.50. The molecule has 1 fully saturated rings. The number of benzene rings is 1. The molecule has 20 heavy (non-hydrogen) atoms. The monoisotopic (exact) mass is 296 g/mol. The molecule has 1 N–H and O–H groups in total. The smallest absolute Gasteiger partial charge is 0.322 e. The third kappa shape index (κ3) is 3.82. The molecule has 2 rings (SSSR count). The van der Waals surface area contributed by atoms with Crippen LogP contribution in [0, 0.1) is 5.92 Å². The summed E-state index contributed by atoms with van der Waals surface area (Å²) in [6.07, 6.45) is 3.95. The summed E-state index contributed by atoms with van der Waals surface area (Å²) in [5.74, 6) is -1.10. The van der Waals surface area contributed by atoms with Gasteiger partial charge in [-0.25, -0.2) is 8.42 Å². The zero-order chi connectivity index (χ0) is 14.6. The number of carboxylic acid groups (broad SMARTS) is 1. The molecule has 1 aliphatic rings. The second kappa shape index (κ2) is 6.39. The van der Waals surface area contributed by atoms with Gasteiger partial charge in [-0.1, -0.05) is 43.2 Å². The van der Waals surface area contributed by atoms with Crippen LogP contribution in [0.25, 0.3) is 0 Å². The number of aliphatic carboxylic acids is 1. The van der Waals surface area contributed by atoms with Crippen molar-refractivity contribution in [3.05, 3.63) is 35.9 Å². The molecule has 0 spiro atoms. The van der Waals surface area contributed by atoms with E-state index in [1.807, 2.05) is 6.07 Å². The van der Waals surface area contributed by atoms with Crippen molar-refractivity contribution in [3.8, 4) is 0 Å². The number of carboxylic acids is 1. The minimum atomic E-state index is -3.60. The zero-order valence-electron chi connectivity index (χ0n) is 11.4. The van der Waals surface area contributed by atoms with E-state index in [1.54, 1.807) is 24.3 Å². The first-order chi connectivity index (χ1) is 9.49. The van der Waals surface area contributed by atoms with Crippen molar-refractivity contribution in [1.82, 2.24) is 0 Å². The Balaban J connectivity index is 2.12. The predicted molar refractivity (Wildman–Crippen MR) is 77.3 cm³/mol. The first-order valence-electron chi connectivity index (χ1n) is 6.97. The van der Waals surface area contributed by atoms with Crippen molar-refractivity contribution < 1.29 is 18.3 Å². The topological polar surface area (TPSA) is 71.4 Å². The minimum absolute atomic E-state index is 0.0107. The SMILES string of the molecule is O=C(O)C(Cc1ccccc1)S(=O)(=O)CC1CCCC1. The van der Waals surface area contributed by atoms with Gasteiger partial charge in [0.15, 0.2) is 15.1 Å². The maximum Gasteiger partial charge on any atom is 0.322 e. The fraction of sp³-hybridized carbons (Fsp3) is 0.533. The first kappa shape index (κ1) is 15.0. The van der Waals surface area contributed by atoms with E-state index in [0.29, 0.717) is 0 Å². The van der Waals surface area contributed by atoms with Gasteiger partial charge in [0, 0.05) is 0 Å². The maximum atomic E-state index is 12.4. The van der Waals surface area contributed by atoms with Crippen LogP contribution >= 0.6 is 0 Å². The van der Waals surface area contributed by atoms with E-state index in [1.165, 1.54) is 0 Å². The predicted octanol–water partition coefficient (Wildman–Crippen LogP) is 2.29. The Hall–Kier alpha value is -1.36. The average Bonchev–Trinajstić information content (AvgIpc) is 2.88. The molecule has 0 radical (unpaired) electrons. The van der Waals surface area contributed by atoms with Crippen molar-refractivity contribution in [3.63, 3.8) is 0 Å². The Morgan fingerprint density at radius 2 is 1.80 bits per heavy atom. The highest BCUT2D eigenvalue weighted by Crippen LogP contribution is 2.27. The van der Waals surface area contributed by atoms with Crippen LogP contribution in [0.4, 0.5) is 0 Å². The quantitative estimate of drug-likeness (QED) is 0.874. The highest BCUT2D eigenvalue weighted by molar-refractivity contribution is 7.92. The lowest BCUT2D eigenvalue weighted by Crippen LogP contribution is -2.35. The van der Waals surface area contributed by atoms with Crippen molar-refractivity contribution in [2.75, 3.05) is 5.75 Å². The summed E-state index contributed by atoms with van der Waals surface area (Å²) < 4.78 is 24.7. The molecular formula is C15H20O4S. The molecule has 1 atom stereocenters. The lowest BCUT2D eigenvalue weighted by atomic mass is 10.1. The van der Waals surface area contributed by atoms with Crippen LogP contribution < -0.4 is 0 Å². The lowest BCUT2D eigenvalue weighted by molar-refractivity contribution is -0.136. The zero-order valence-corrected chi connectivity index (χ0v) is 12.2. The number of hydrogen-bond donors (Lipinski definition) is 1. The summed E-state index contributed by atoms with van der Waals surface area (Å²) in [4.78, 5) is 11.3. The molecule has 4 nitrogen and oxygen atoms in total. The number of sulfone groups is 1. The molecule has 1 unspecified atom stereocenters. The summed E-state index contributed by atoms with van der Waals surface area (Å²) in [5, 5.41) is 7.94. The van der Waals surface area contributed by atoms with E-state index < -0.39 is 21.1 Å². The molecule has 5 heteroatoms. The molecular weight excluding hydrogens is 276 g/mol. The minimum Gasteiger partial charge on any atom is -0.480 e. The molecule has 1 saturated carbocycles. The Kier molecular flexibility index (Phi) is 4.81. The van der Waals surface area contributed by atoms with E-state index in [0.717, 1.165) is 31.2 Å². The Labute approximate surface area is 119 Å². The van der Waals surface area contributed by atoms with Crippen molar-refractivity contribution in [2.45, 2.75) is 37.4 Å². The molecule has 0 aromatic heterocycles. The molecule has 1 aliphatic carbocycles. The van der Waals surface area contributed by atoms with Crippen molar-refractivity contribution in [1.29, 1.82) is 0 Å². The molecule has 0 amide bonds. The van der Waals surface area contributed by atoms with Gasteiger partial charge in [-0.2, -0.15) is 0 Å². The van der Waals surface area contributed by atoms with E-state index in [4.69, 9.17) is 0 Å². The number of hydrogen-bond acceptors (Lipinski definition) is 3. The molecule has 0 saturated heterocycles. The van der Waals surface area contributed by atoms with Crippen LogP contribution in [0.15, 0.2) is 30.3 Å². The lowest BCUT2D eigenvalue weighted by Gasteiger charge is -2.16. The Morgan fingerprint density at radius 3 is 2.35 bits per heavy atom. The Morgan fingerprint density at radius 1 is 1.20 bits per heavy atom. The summed E-state index contributed by atoms with van der Waals surface area (Å²) in [6, 6.07) is 8.93. The largest absolute Gasteiger partial charge is 0.480 e. The van der Waals surface area contributed by atoms with Gasteiger partial charge >= 0.3 is 5.97 Å². The number of rotatable bonds is 6. The van der Waals surface area contributed by atoms with Gasteiger partial charge < -0.3 is 5.11 Å². The van der Waals surface area contributed by atoms with Crippen LogP contribution in [-0.4, -0.2) is 30.5 Å². The normalized spacial score (nSPS) is 18.0. The molecule has 0 aliphatic heterocycles. The van der Waals surface area contributed by atoms with Gasteiger partial charge in [-0.15, -0.1) is 0 Å². The second-order valence-corrected chi connectivity index (χ2v) is 7.72. The van der Waals surface area contributed by atoms with E-state index in [9.17, 15) is 18.3 Å². The van der Waals surface area contributed by atoms with Crippen LogP contribution in [-0.2, 0) is 21.1 Å². The highest BCUT2D eigenvalue weighted by Gasteiger charge is 2.35. The van der Waals surface area contributed by atoms with Gasteiger partial charge in [0.25, 0.3) is 0 Å². The highest BCUT2D eigenvalue weighted by atomic mass is 32.2. The fourth-order valence-electron chi connectivity index (χ4n) is 2.82. The summed E-state index contributed by atoms with van der Waals surface area (Å²) in [5.41, 5.74) is 0.745. The molecule has 1 aromatic carbocycles. The van der Waals surface area contributed by atoms with E-state index >= 15 is 0 Å². The molecule has 0 bridgehead atoms. The van der Waals surface area contributed by atoms with Gasteiger partial charge in [-0.05, 0) is 30.7 Å². The van der Waals surface area contributed by atoms with E-state index in [-0.39, 0.29) is 18.1 Å². The molecule has 1 aromatic rings. The van der Waals surface area contributed by atoms with Crippen molar-refractivity contribution >= 4 is 15.8 Å². The molecule has 110 valence electrons. The average molecular weight is 296 g/mol. The maximum absolute atomic E-state index is 12.4. The van der Waals surface area contributed by atoms with E-state index in [2.05, 4.69) is 0 Å². The van der Waals surface area contributed by atoms with Crippen LogP contribution in [0.2, 0.25) is 0 Å². The standard InChI is InChI=1S/C15H20O4S/c16-15(17)14(10-12-6-2-1-3-7-12)20(18,19)11-13-8-4-5-9-13/h1-3,6-7,13-14H,4-5,8-11H2,(H,16,17). The third-order valence-electron chi connectivity index (χ3n) is 3.92. The van der Waals surface area contributed by atoms with Gasteiger partial charge in [-0.3, -0.25) is 4.79 Å². The van der Waals surface area contributed by atoms with Gasteiger partial charge in [0.1, 0.15) is 0 Å². The fourth-order valence-corrected chi connectivity index (χ4v) is 4.79. The third-order valence-corrected chi connectivity index (χ3v) is 6.09. The number of carbonyl (C=O) groups is 1. The summed E-state index contributed by atoms with van der Waals surface area (Å²) in [6.45, 7) is 0. The van der Waals surface area contributed by atoms with Crippen molar-refractivity contribution in [2.24, 2.45) is 5.92 Å². The van der Waals surface area contributed by atoms with Crippen LogP contribution in [0.1, 0.15) is 31.2 Å². The summed E-state index contributed by atoms with van der Waals surface area (Å²) >= 11 is 0. The van der Waals surface area contributed by atoms with Crippen LogP contribution in [0.3, 0.4) is 0 Å². The van der Waals surface area contributed by atoms with Gasteiger partial charge in [0.2, 0.25) is 0 Å². The van der Waals surface area contributed by atoms with Crippen LogP contribution in [0.5, 0.6) is 0 Å². The summed E-state index contributed by atoms with van der Waals surface area (Å²) in [7, 11) is -3.60. The first-order valence-corrected chi connectivity index (χ1v) is 8.69.